The van der Waals surface area contributed by atoms with Gasteiger partial charge in [-0.2, -0.15) is 0 Å². The summed E-state index contributed by atoms with van der Waals surface area (Å²) < 4.78 is 3.65. The monoisotopic (exact) mass is 525 g/mol. The Bertz CT molecular complexity index is 1520. The number of hydrogen-bond acceptors (Lipinski definition) is 5. The lowest BCUT2D eigenvalue weighted by molar-refractivity contribution is -0.158. The third kappa shape index (κ3) is 4.79. The lowest BCUT2D eigenvalue weighted by Gasteiger charge is -2.43. The van der Waals surface area contributed by atoms with E-state index in [1.165, 1.54) is 5.56 Å². The molecule has 0 bridgehead atoms. The van der Waals surface area contributed by atoms with Crippen LogP contribution in [0.3, 0.4) is 0 Å². The summed E-state index contributed by atoms with van der Waals surface area (Å²) >= 11 is 0. The molecule has 2 aromatic heterocycles. The summed E-state index contributed by atoms with van der Waals surface area (Å²) in [6, 6.07) is 19.8. The van der Waals surface area contributed by atoms with Crippen molar-refractivity contribution in [3.63, 3.8) is 0 Å². The topological polar surface area (TPSA) is 92.4 Å². The SMILES string of the molecule is Cc1ccc(-n2ccc3c(=O)n(CC4CCN(C(=O)[C@@]5(O)CCNC[C@H]5c5ccccc5)CC4)cnc32)cc1. The number of nitrogens with zero attached hydrogens (tertiary/aromatic N) is 4. The number of likely N-dealkylation sites (tertiary alicyclic amines) is 1. The molecular formula is C31H35N5O3. The summed E-state index contributed by atoms with van der Waals surface area (Å²) in [7, 11) is 0. The van der Waals surface area contributed by atoms with Crippen molar-refractivity contribution in [2.45, 2.75) is 44.2 Å². The van der Waals surface area contributed by atoms with Gasteiger partial charge in [-0.1, -0.05) is 48.0 Å². The molecule has 1 amide bonds. The zero-order valence-electron chi connectivity index (χ0n) is 22.3. The van der Waals surface area contributed by atoms with Crippen LogP contribution in [0, 0.1) is 12.8 Å². The second-order valence-corrected chi connectivity index (χ2v) is 11.0. The largest absolute Gasteiger partial charge is 0.379 e. The van der Waals surface area contributed by atoms with Crippen molar-refractivity contribution in [1.29, 1.82) is 0 Å². The first-order valence-electron chi connectivity index (χ1n) is 13.8. The Morgan fingerprint density at radius 2 is 1.82 bits per heavy atom. The van der Waals surface area contributed by atoms with Gasteiger partial charge in [0.1, 0.15) is 0 Å². The van der Waals surface area contributed by atoms with Crippen LogP contribution in [0.1, 0.15) is 36.3 Å². The number of nitrogens with one attached hydrogen (secondary N) is 1. The van der Waals surface area contributed by atoms with Crippen molar-refractivity contribution in [3.05, 3.63) is 94.7 Å². The smallest absolute Gasteiger partial charge is 0.262 e. The van der Waals surface area contributed by atoms with E-state index in [4.69, 9.17) is 0 Å². The molecular weight excluding hydrogens is 490 g/mol. The molecule has 0 unspecified atom stereocenters. The van der Waals surface area contributed by atoms with Gasteiger partial charge >= 0.3 is 0 Å². The number of piperidine rings is 2. The Labute approximate surface area is 227 Å². The molecule has 0 radical (unpaired) electrons. The van der Waals surface area contributed by atoms with Crippen molar-refractivity contribution >= 4 is 16.9 Å². The lowest BCUT2D eigenvalue weighted by Crippen LogP contribution is -2.59. The Hall–Kier alpha value is -3.75. The highest BCUT2D eigenvalue weighted by molar-refractivity contribution is 5.86. The minimum Gasteiger partial charge on any atom is -0.379 e. The first-order chi connectivity index (χ1) is 18.9. The van der Waals surface area contributed by atoms with Crippen molar-refractivity contribution in [2.75, 3.05) is 26.2 Å². The van der Waals surface area contributed by atoms with Crippen molar-refractivity contribution in [3.8, 4) is 5.69 Å². The van der Waals surface area contributed by atoms with E-state index in [0.717, 1.165) is 24.1 Å². The summed E-state index contributed by atoms with van der Waals surface area (Å²) in [5.74, 6) is -0.187. The number of hydrogen-bond donors (Lipinski definition) is 2. The third-order valence-corrected chi connectivity index (χ3v) is 8.52. The summed E-state index contributed by atoms with van der Waals surface area (Å²) in [6.07, 6.45) is 5.51. The number of aliphatic hydroxyl groups is 1. The van der Waals surface area contributed by atoms with Crippen LogP contribution < -0.4 is 10.9 Å². The second-order valence-electron chi connectivity index (χ2n) is 11.0. The average molecular weight is 526 g/mol. The van der Waals surface area contributed by atoms with Crippen molar-refractivity contribution in [2.24, 2.45) is 5.92 Å². The van der Waals surface area contributed by atoms with Crippen LogP contribution in [0.15, 0.2) is 78.0 Å². The van der Waals surface area contributed by atoms with E-state index in [9.17, 15) is 14.7 Å². The minimum atomic E-state index is -1.41. The van der Waals surface area contributed by atoms with Gasteiger partial charge in [0.25, 0.3) is 11.5 Å². The van der Waals surface area contributed by atoms with Crippen LogP contribution in [-0.4, -0.2) is 61.8 Å². The predicted octanol–water partition coefficient (Wildman–Crippen LogP) is 3.24. The van der Waals surface area contributed by atoms with Crippen LogP contribution in [0.2, 0.25) is 0 Å². The maximum absolute atomic E-state index is 13.6. The Kier molecular flexibility index (Phi) is 6.83. The van der Waals surface area contributed by atoms with E-state index < -0.39 is 5.60 Å². The summed E-state index contributed by atoms with van der Waals surface area (Å²) in [4.78, 5) is 33.4. The lowest BCUT2D eigenvalue weighted by atomic mass is 9.76. The fourth-order valence-electron chi connectivity index (χ4n) is 6.17. The molecule has 39 heavy (non-hydrogen) atoms. The molecule has 2 saturated heterocycles. The first kappa shape index (κ1) is 25.5. The van der Waals surface area contributed by atoms with Crippen LogP contribution >= 0.6 is 0 Å². The fourth-order valence-corrected chi connectivity index (χ4v) is 6.17. The van der Waals surface area contributed by atoms with Gasteiger partial charge in [0.05, 0.1) is 11.7 Å². The maximum Gasteiger partial charge on any atom is 0.262 e. The molecule has 0 saturated carbocycles. The summed E-state index contributed by atoms with van der Waals surface area (Å²) in [6.45, 7) is 4.97. The molecule has 2 N–H and O–H groups in total. The molecule has 2 aliphatic rings. The standard InChI is InChI=1S/C31H35N5O3/c1-22-7-9-25(10-8-22)36-18-13-26-28(36)33-21-35(29(26)37)20-23-11-16-34(17-12-23)30(38)31(39)14-15-32-19-27(31)24-5-3-2-4-6-24/h2-10,13,18,21,23,27,32,39H,11-12,14-17,19-20H2,1H3/t27-,31+/m0/s1. The van der Waals surface area contributed by atoms with Gasteiger partial charge in [-0.05, 0) is 62.4 Å². The van der Waals surface area contributed by atoms with Gasteiger partial charge in [-0.15, -0.1) is 0 Å². The number of aryl methyl sites for hydroxylation is 1. The highest BCUT2D eigenvalue weighted by atomic mass is 16.3. The predicted molar refractivity (Wildman–Crippen MR) is 151 cm³/mol. The number of benzene rings is 2. The maximum atomic E-state index is 13.6. The number of aromatic nitrogens is 3. The number of rotatable bonds is 5. The summed E-state index contributed by atoms with van der Waals surface area (Å²) in [5.41, 5.74) is 2.34. The second kappa shape index (κ2) is 10.4. The number of fused-ring (bicyclic) bond motifs is 1. The molecule has 202 valence electrons. The zero-order chi connectivity index (χ0) is 27.0. The molecule has 0 aliphatic carbocycles. The van der Waals surface area contributed by atoms with Gasteiger partial charge in [-0.3, -0.25) is 14.2 Å². The normalized spacial score (nSPS) is 22.3. The summed E-state index contributed by atoms with van der Waals surface area (Å²) in [5, 5.41) is 15.6. The van der Waals surface area contributed by atoms with Crippen LogP contribution in [-0.2, 0) is 11.3 Å². The highest BCUT2D eigenvalue weighted by Gasteiger charge is 2.48. The number of carbonyl (C=O) groups is 1. The highest BCUT2D eigenvalue weighted by Crippen LogP contribution is 2.36. The zero-order valence-corrected chi connectivity index (χ0v) is 22.3. The molecule has 2 aliphatic heterocycles. The van der Waals surface area contributed by atoms with E-state index in [2.05, 4.69) is 10.3 Å². The van der Waals surface area contributed by atoms with Gasteiger partial charge in [0.15, 0.2) is 11.2 Å². The van der Waals surface area contributed by atoms with Crippen LogP contribution in [0.25, 0.3) is 16.7 Å². The molecule has 4 heterocycles. The van der Waals surface area contributed by atoms with Crippen LogP contribution in [0.5, 0.6) is 0 Å². The average Bonchev–Trinajstić information content (AvgIpc) is 3.41. The first-order valence-corrected chi connectivity index (χ1v) is 13.8. The minimum absolute atomic E-state index is 0.0425. The van der Waals surface area contributed by atoms with E-state index >= 15 is 0 Å². The molecule has 6 rings (SSSR count). The molecule has 8 heteroatoms. The molecule has 2 aromatic carbocycles. The van der Waals surface area contributed by atoms with Gasteiger partial charge < -0.3 is 19.9 Å². The molecule has 4 aromatic rings. The van der Waals surface area contributed by atoms with E-state index in [1.54, 1.807) is 10.9 Å². The third-order valence-electron chi connectivity index (χ3n) is 8.52. The molecule has 8 nitrogen and oxygen atoms in total. The quantitative estimate of drug-likeness (QED) is 0.417. The van der Waals surface area contributed by atoms with Crippen molar-refractivity contribution < 1.29 is 9.90 Å². The van der Waals surface area contributed by atoms with Gasteiger partial charge in [0.2, 0.25) is 0 Å². The Morgan fingerprint density at radius 3 is 2.56 bits per heavy atom. The number of carbonyl (C=O) groups excluding carboxylic acids is 1. The fraction of sp³-hybridized carbons (Fsp3) is 0.387. The van der Waals surface area contributed by atoms with E-state index in [1.807, 2.05) is 83.3 Å². The molecule has 0 spiro atoms. The van der Waals surface area contributed by atoms with Gasteiger partial charge in [-0.25, -0.2) is 4.98 Å². The Balaban J connectivity index is 1.13. The van der Waals surface area contributed by atoms with E-state index in [-0.39, 0.29) is 23.3 Å². The van der Waals surface area contributed by atoms with Crippen LogP contribution in [0.4, 0.5) is 0 Å². The number of amides is 1. The van der Waals surface area contributed by atoms with Crippen molar-refractivity contribution in [1.82, 2.24) is 24.3 Å². The van der Waals surface area contributed by atoms with Gasteiger partial charge in [0, 0.05) is 44.0 Å². The van der Waals surface area contributed by atoms with E-state index in [0.29, 0.717) is 50.2 Å². The molecule has 2 fully saturated rings. The Morgan fingerprint density at radius 1 is 1.08 bits per heavy atom. The molecule has 2 atom stereocenters.